The Balaban J connectivity index is 2.05. The first-order valence-electron chi connectivity index (χ1n) is 5.75. The van der Waals surface area contributed by atoms with Gasteiger partial charge in [-0.15, -0.1) is 23.1 Å². The first-order valence-corrected chi connectivity index (χ1v) is 7.55. The van der Waals surface area contributed by atoms with Gasteiger partial charge < -0.3 is 5.11 Å². The zero-order chi connectivity index (χ0) is 14.4. The largest absolute Gasteiger partial charge is 0.384 e. The van der Waals surface area contributed by atoms with Gasteiger partial charge in [0.2, 0.25) is 0 Å². The minimum atomic E-state index is -0.366. The normalized spacial score (nSPS) is 9.85. The van der Waals surface area contributed by atoms with E-state index in [2.05, 4.69) is 11.8 Å². The Labute approximate surface area is 124 Å². The summed E-state index contributed by atoms with van der Waals surface area (Å²) in [6, 6.07) is 10.6. The second kappa shape index (κ2) is 7.10. The first-order chi connectivity index (χ1) is 9.70. The Morgan fingerprint density at radius 1 is 1.30 bits per heavy atom. The van der Waals surface area contributed by atoms with Crippen LogP contribution < -0.4 is 0 Å². The predicted molar refractivity (Wildman–Crippen MR) is 80.9 cm³/mol. The van der Waals surface area contributed by atoms with Crippen molar-refractivity contribution in [3.8, 4) is 11.8 Å². The summed E-state index contributed by atoms with van der Waals surface area (Å²) in [4.78, 5) is 13.2. The predicted octanol–water partition coefficient (Wildman–Crippen LogP) is 3.29. The molecule has 0 fully saturated rings. The third-order valence-corrected chi connectivity index (χ3v) is 4.68. The molecule has 102 valence electrons. The molecule has 0 aliphatic heterocycles. The SMILES string of the molecule is O=[N+]([O-])c1ccccc1SCc1ccc(C#CCO)s1. The fourth-order valence-electron chi connectivity index (χ4n) is 1.53. The van der Waals surface area contributed by atoms with Gasteiger partial charge >= 0.3 is 0 Å². The van der Waals surface area contributed by atoms with Crippen LogP contribution in [0.25, 0.3) is 0 Å². The van der Waals surface area contributed by atoms with Crippen molar-refractivity contribution in [2.75, 3.05) is 6.61 Å². The van der Waals surface area contributed by atoms with E-state index in [-0.39, 0.29) is 17.2 Å². The molecule has 2 aromatic rings. The van der Waals surface area contributed by atoms with E-state index in [9.17, 15) is 10.1 Å². The Hall–Kier alpha value is -1.81. The summed E-state index contributed by atoms with van der Waals surface area (Å²) in [5.74, 6) is 6.10. The maximum absolute atomic E-state index is 10.9. The third-order valence-electron chi connectivity index (χ3n) is 2.38. The average Bonchev–Trinajstić information content (AvgIpc) is 2.91. The molecule has 0 saturated heterocycles. The first kappa shape index (κ1) is 14.6. The molecule has 1 aromatic heterocycles. The van der Waals surface area contributed by atoms with Crippen molar-refractivity contribution in [3.63, 3.8) is 0 Å². The van der Waals surface area contributed by atoms with Crippen LogP contribution in [0.4, 0.5) is 5.69 Å². The van der Waals surface area contributed by atoms with Crippen molar-refractivity contribution in [1.29, 1.82) is 0 Å². The second-order valence-corrected chi connectivity index (χ2v) is 5.92. The van der Waals surface area contributed by atoms with Crippen molar-refractivity contribution in [2.24, 2.45) is 0 Å². The lowest BCUT2D eigenvalue weighted by atomic mass is 10.3. The summed E-state index contributed by atoms with van der Waals surface area (Å²) in [5, 5.41) is 19.5. The molecule has 0 atom stereocenters. The molecule has 0 bridgehead atoms. The van der Waals surface area contributed by atoms with Crippen molar-refractivity contribution >= 4 is 28.8 Å². The number of aliphatic hydroxyl groups excluding tert-OH is 1. The van der Waals surface area contributed by atoms with Gasteiger partial charge in [-0.05, 0) is 18.2 Å². The molecule has 1 aromatic carbocycles. The van der Waals surface area contributed by atoms with Crippen LogP contribution in [0.15, 0.2) is 41.3 Å². The number of para-hydroxylation sites is 1. The molecule has 0 spiro atoms. The van der Waals surface area contributed by atoms with Crippen LogP contribution in [0.5, 0.6) is 0 Å². The van der Waals surface area contributed by atoms with E-state index < -0.39 is 0 Å². The van der Waals surface area contributed by atoms with Crippen LogP contribution in [0.3, 0.4) is 0 Å². The number of nitro benzene ring substituents is 1. The number of benzene rings is 1. The van der Waals surface area contributed by atoms with Gasteiger partial charge in [0, 0.05) is 16.7 Å². The summed E-state index contributed by atoms with van der Waals surface area (Å²) in [5.41, 5.74) is 0.134. The van der Waals surface area contributed by atoms with E-state index in [0.717, 1.165) is 9.75 Å². The van der Waals surface area contributed by atoms with Crippen molar-refractivity contribution in [3.05, 3.63) is 56.3 Å². The van der Waals surface area contributed by atoms with Crippen molar-refractivity contribution in [2.45, 2.75) is 10.6 Å². The fraction of sp³-hybridized carbons (Fsp3) is 0.143. The Morgan fingerprint density at radius 2 is 2.10 bits per heavy atom. The summed E-state index contributed by atoms with van der Waals surface area (Å²) in [6.45, 7) is -0.155. The molecule has 0 aliphatic rings. The molecule has 2 rings (SSSR count). The highest BCUT2D eigenvalue weighted by Crippen LogP contribution is 2.32. The van der Waals surface area contributed by atoms with Crippen LogP contribution in [0.1, 0.15) is 9.75 Å². The fourth-order valence-corrected chi connectivity index (χ4v) is 3.48. The van der Waals surface area contributed by atoms with Crippen LogP contribution in [0.2, 0.25) is 0 Å². The number of hydrogen-bond donors (Lipinski definition) is 1. The second-order valence-electron chi connectivity index (χ2n) is 3.74. The summed E-state index contributed by atoms with van der Waals surface area (Å²) in [6.07, 6.45) is 0. The smallest absolute Gasteiger partial charge is 0.282 e. The van der Waals surface area contributed by atoms with Gasteiger partial charge in [-0.2, -0.15) is 0 Å². The average molecular weight is 305 g/mol. The summed E-state index contributed by atoms with van der Waals surface area (Å²) in [7, 11) is 0. The van der Waals surface area contributed by atoms with E-state index in [1.54, 1.807) is 18.2 Å². The molecule has 0 aliphatic carbocycles. The minimum Gasteiger partial charge on any atom is -0.384 e. The Morgan fingerprint density at radius 3 is 2.85 bits per heavy atom. The van der Waals surface area contributed by atoms with E-state index >= 15 is 0 Å². The standard InChI is InChI=1S/C14H11NO3S2/c16-9-3-4-11-7-8-12(20-11)10-19-14-6-2-1-5-13(14)15(17)18/h1-2,5-8,16H,9-10H2. The van der Waals surface area contributed by atoms with Crippen LogP contribution >= 0.6 is 23.1 Å². The highest BCUT2D eigenvalue weighted by molar-refractivity contribution is 7.98. The van der Waals surface area contributed by atoms with E-state index in [4.69, 9.17) is 5.11 Å². The topological polar surface area (TPSA) is 63.4 Å². The number of thioether (sulfide) groups is 1. The highest BCUT2D eigenvalue weighted by Gasteiger charge is 2.12. The zero-order valence-electron chi connectivity index (χ0n) is 10.4. The Kier molecular flexibility index (Phi) is 5.18. The van der Waals surface area contributed by atoms with Crippen LogP contribution in [-0.2, 0) is 5.75 Å². The van der Waals surface area contributed by atoms with Gasteiger partial charge in [0.1, 0.15) is 6.61 Å². The van der Waals surface area contributed by atoms with E-state index in [0.29, 0.717) is 10.6 Å². The third kappa shape index (κ3) is 3.84. The molecule has 1 N–H and O–H groups in total. The molecule has 4 nitrogen and oxygen atoms in total. The lowest BCUT2D eigenvalue weighted by Gasteiger charge is -2.00. The number of rotatable bonds is 4. The monoisotopic (exact) mass is 305 g/mol. The zero-order valence-corrected chi connectivity index (χ0v) is 12.0. The van der Waals surface area contributed by atoms with Crippen molar-refractivity contribution < 1.29 is 10.0 Å². The minimum absolute atomic E-state index is 0.134. The van der Waals surface area contributed by atoms with Gasteiger partial charge in [-0.25, -0.2) is 0 Å². The molecular weight excluding hydrogens is 294 g/mol. The molecule has 0 amide bonds. The van der Waals surface area contributed by atoms with Gasteiger partial charge in [0.05, 0.1) is 14.7 Å². The van der Waals surface area contributed by atoms with Gasteiger partial charge in [-0.1, -0.05) is 24.0 Å². The van der Waals surface area contributed by atoms with E-state index in [1.807, 2.05) is 12.1 Å². The summed E-state index contributed by atoms with van der Waals surface area (Å²) >= 11 is 2.97. The molecular formula is C14H11NO3S2. The molecule has 0 saturated carbocycles. The molecule has 0 unspecified atom stereocenters. The van der Waals surface area contributed by atoms with Crippen LogP contribution in [-0.4, -0.2) is 16.6 Å². The maximum atomic E-state index is 10.9. The lowest BCUT2D eigenvalue weighted by molar-refractivity contribution is -0.387. The molecule has 20 heavy (non-hydrogen) atoms. The number of hydrogen-bond acceptors (Lipinski definition) is 5. The highest BCUT2D eigenvalue weighted by atomic mass is 32.2. The van der Waals surface area contributed by atoms with Gasteiger partial charge in [0.25, 0.3) is 5.69 Å². The number of nitrogens with zero attached hydrogens (tertiary/aromatic N) is 1. The van der Waals surface area contributed by atoms with Gasteiger partial charge in [0.15, 0.2) is 0 Å². The quantitative estimate of drug-likeness (QED) is 0.407. The lowest BCUT2D eigenvalue weighted by Crippen LogP contribution is -1.90. The maximum Gasteiger partial charge on any atom is 0.282 e. The van der Waals surface area contributed by atoms with Gasteiger partial charge in [-0.3, -0.25) is 10.1 Å². The number of thiophene rings is 1. The molecule has 1 heterocycles. The van der Waals surface area contributed by atoms with E-state index in [1.165, 1.54) is 29.2 Å². The molecule has 6 heteroatoms. The number of nitro groups is 1. The Bertz CT molecular complexity index is 670. The van der Waals surface area contributed by atoms with Crippen LogP contribution in [0, 0.1) is 22.0 Å². The number of aliphatic hydroxyl groups is 1. The summed E-state index contributed by atoms with van der Waals surface area (Å²) < 4.78 is 0. The molecule has 0 radical (unpaired) electrons. The van der Waals surface area contributed by atoms with Crippen molar-refractivity contribution in [1.82, 2.24) is 0 Å².